The second-order valence-corrected chi connectivity index (χ2v) is 12.6. The largest absolute Gasteiger partial charge is 0.314 e. The van der Waals surface area contributed by atoms with Gasteiger partial charge in [-0.25, -0.2) is 0 Å². The summed E-state index contributed by atoms with van der Waals surface area (Å²) in [6.07, 6.45) is 2.18. The van der Waals surface area contributed by atoms with Gasteiger partial charge in [0.2, 0.25) is 0 Å². The lowest BCUT2D eigenvalue weighted by atomic mass is 10.4. The smallest absolute Gasteiger partial charge is 0.313 e. The summed E-state index contributed by atoms with van der Waals surface area (Å²) in [5.74, 6) is 0.471. The summed E-state index contributed by atoms with van der Waals surface area (Å²) in [5.41, 5.74) is 0. The third-order valence-corrected chi connectivity index (χ3v) is 11.3. The van der Waals surface area contributed by atoms with Crippen LogP contribution in [0.1, 0.15) is 40.5 Å². The van der Waals surface area contributed by atoms with Gasteiger partial charge in [0.25, 0.3) is 0 Å². The van der Waals surface area contributed by atoms with E-state index in [1.54, 1.807) is 0 Å². The summed E-state index contributed by atoms with van der Waals surface area (Å²) in [4.78, 5) is 0. The summed E-state index contributed by atoms with van der Waals surface area (Å²) in [7, 11) is 0. The molecular formula is C11H25O2PS3. The van der Waals surface area contributed by atoms with Crippen molar-refractivity contribution in [3.8, 4) is 0 Å². The van der Waals surface area contributed by atoms with Crippen LogP contribution in [0.3, 0.4) is 0 Å². The van der Waals surface area contributed by atoms with Crippen LogP contribution in [0.4, 0.5) is 0 Å². The van der Waals surface area contributed by atoms with Crippen LogP contribution in [-0.4, -0.2) is 29.1 Å². The van der Waals surface area contributed by atoms with Gasteiger partial charge in [-0.1, -0.05) is 43.5 Å². The van der Waals surface area contributed by atoms with Gasteiger partial charge in [0, 0.05) is 16.8 Å². The Morgan fingerprint density at radius 2 is 1.88 bits per heavy atom. The monoisotopic (exact) mass is 316 g/mol. The van der Waals surface area contributed by atoms with E-state index in [2.05, 4.69) is 20.8 Å². The maximum Gasteiger partial charge on any atom is 0.313 e. The number of hydrogen-bond donors (Lipinski definition) is 0. The van der Waals surface area contributed by atoms with Gasteiger partial charge >= 0.3 is 5.77 Å². The second kappa shape index (κ2) is 11.1. The van der Waals surface area contributed by atoms with Crippen LogP contribution in [0.15, 0.2) is 0 Å². The molecule has 0 spiro atoms. The maximum atomic E-state index is 12.5. The summed E-state index contributed by atoms with van der Waals surface area (Å²) >= 11 is 4.99. The Labute approximate surface area is 119 Å². The summed E-state index contributed by atoms with van der Waals surface area (Å²) in [6, 6.07) is 0. The molecule has 0 aliphatic carbocycles. The first-order valence-corrected chi connectivity index (χ1v) is 12.1. The van der Waals surface area contributed by atoms with Gasteiger partial charge in [0.1, 0.15) is 0 Å². The number of thioether (sulfide) groups is 1. The Kier molecular flexibility index (Phi) is 11.9. The quantitative estimate of drug-likeness (QED) is 0.466. The van der Waals surface area contributed by atoms with E-state index in [1.807, 2.05) is 18.7 Å². The molecule has 0 saturated heterocycles. The third-order valence-electron chi connectivity index (χ3n) is 2.02. The molecule has 2 nitrogen and oxygen atoms in total. The fraction of sp³-hybridized carbons (Fsp3) is 1.00. The molecule has 0 amide bonds. The van der Waals surface area contributed by atoms with Crippen molar-refractivity contribution in [2.75, 3.05) is 23.9 Å². The van der Waals surface area contributed by atoms with Gasteiger partial charge in [-0.3, -0.25) is 4.57 Å². The molecule has 0 bridgehead atoms. The SMILES string of the molecule is CCCSP(=O)(OCC)SC[C@H](CC)SCC. The fourth-order valence-corrected chi connectivity index (χ4v) is 9.79. The molecule has 0 aromatic heterocycles. The van der Waals surface area contributed by atoms with Crippen molar-refractivity contribution >= 4 is 40.3 Å². The minimum Gasteiger partial charge on any atom is -0.314 e. The Bertz CT molecular complexity index is 227. The van der Waals surface area contributed by atoms with Gasteiger partial charge in [0.15, 0.2) is 0 Å². The highest BCUT2D eigenvalue weighted by Crippen LogP contribution is 2.70. The van der Waals surface area contributed by atoms with Gasteiger partial charge < -0.3 is 4.52 Å². The molecule has 0 N–H and O–H groups in total. The van der Waals surface area contributed by atoms with E-state index in [-0.39, 0.29) is 0 Å². The van der Waals surface area contributed by atoms with Crippen LogP contribution >= 0.6 is 40.3 Å². The van der Waals surface area contributed by atoms with E-state index in [9.17, 15) is 4.57 Å². The summed E-state index contributed by atoms with van der Waals surface area (Å²) < 4.78 is 18.0. The fourth-order valence-electron chi connectivity index (χ4n) is 1.17. The van der Waals surface area contributed by atoms with Crippen LogP contribution in [0.25, 0.3) is 0 Å². The molecule has 0 aliphatic rings. The first-order valence-electron chi connectivity index (χ1n) is 6.27. The van der Waals surface area contributed by atoms with Crippen molar-refractivity contribution in [2.24, 2.45) is 0 Å². The highest BCUT2D eigenvalue weighted by Gasteiger charge is 2.25. The molecule has 0 aliphatic heterocycles. The zero-order chi connectivity index (χ0) is 13.1. The lowest BCUT2D eigenvalue weighted by Crippen LogP contribution is -2.04. The van der Waals surface area contributed by atoms with E-state index < -0.39 is 5.77 Å². The van der Waals surface area contributed by atoms with E-state index in [1.165, 1.54) is 22.8 Å². The van der Waals surface area contributed by atoms with E-state index in [4.69, 9.17) is 4.52 Å². The molecule has 2 atom stereocenters. The normalized spacial score (nSPS) is 16.7. The first kappa shape index (κ1) is 18.2. The van der Waals surface area contributed by atoms with Gasteiger partial charge in [-0.15, -0.1) is 0 Å². The average molecular weight is 316 g/mol. The highest BCUT2D eigenvalue weighted by molar-refractivity contribution is 8.89. The van der Waals surface area contributed by atoms with Gasteiger partial charge in [-0.2, -0.15) is 11.8 Å². The molecule has 0 aromatic carbocycles. The van der Waals surface area contributed by atoms with Crippen LogP contribution in [-0.2, 0) is 9.09 Å². The van der Waals surface area contributed by atoms with Crippen LogP contribution in [0.5, 0.6) is 0 Å². The van der Waals surface area contributed by atoms with Gasteiger partial charge in [-0.05, 0) is 25.5 Å². The van der Waals surface area contributed by atoms with Crippen molar-refractivity contribution in [2.45, 2.75) is 45.8 Å². The summed E-state index contributed by atoms with van der Waals surface area (Å²) in [5, 5.41) is 0.598. The van der Waals surface area contributed by atoms with Crippen molar-refractivity contribution in [3.63, 3.8) is 0 Å². The lowest BCUT2D eigenvalue weighted by Gasteiger charge is -2.19. The van der Waals surface area contributed by atoms with Crippen LogP contribution in [0.2, 0.25) is 0 Å². The van der Waals surface area contributed by atoms with Crippen molar-refractivity contribution < 1.29 is 9.09 Å². The highest BCUT2D eigenvalue weighted by atomic mass is 33.1. The zero-order valence-electron chi connectivity index (χ0n) is 11.3. The molecule has 0 aromatic rings. The molecule has 1 unspecified atom stereocenters. The molecule has 17 heavy (non-hydrogen) atoms. The number of hydrogen-bond acceptors (Lipinski definition) is 5. The predicted molar refractivity (Wildman–Crippen MR) is 86.7 cm³/mol. The van der Waals surface area contributed by atoms with Crippen LogP contribution < -0.4 is 0 Å². The molecule has 0 radical (unpaired) electrons. The predicted octanol–water partition coefficient (Wildman–Crippen LogP) is 5.54. The molecule has 0 fully saturated rings. The Hall–Kier alpha value is 1.24. The van der Waals surface area contributed by atoms with Crippen molar-refractivity contribution in [1.82, 2.24) is 0 Å². The van der Waals surface area contributed by atoms with Crippen LogP contribution in [0, 0.1) is 0 Å². The van der Waals surface area contributed by atoms with E-state index >= 15 is 0 Å². The average Bonchev–Trinajstić information content (AvgIpc) is 2.32. The third kappa shape index (κ3) is 8.88. The Balaban J connectivity index is 4.18. The van der Waals surface area contributed by atoms with E-state index in [0.717, 1.165) is 30.1 Å². The van der Waals surface area contributed by atoms with Crippen molar-refractivity contribution in [3.05, 3.63) is 0 Å². The maximum absolute atomic E-state index is 12.5. The topological polar surface area (TPSA) is 26.3 Å². The molecular weight excluding hydrogens is 291 g/mol. The lowest BCUT2D eigenvalue weighted by molar-refractivity contribution is 0.357. The summed E-state index contributed by atoms with van der Waals surface area (Å²) in [6.45, 7) is 8.93. The molecule has 0 rings (SSSR count). The standard InChI is InChI=1S/C11H25O2PS3/c1-5-9-16-14(12,13-7-3)17-10-11(6-2)15-8-4/h11H,5-10H2,1-4H3/t11-,14?/m0/s1. The zero-order valence-corrected chi connectivity index (χ0v) is 14.7. The number of rotatable bonds is 11. The molecule has 104 valence electrons. The van der Waals surface area contributed by atoms with E-state index in [0.29, 0.717) is 11.9 Å². The Morgan fingerprint density at radius 1 is 1.18 bits per heavy atom. The Morgan fingerprint density at radius 3 is 2.35 bits per heavy atom. The van der Waals surface area contributed by atoms with Gasteiger partial charge in [0.05, 0.1) is 6.61 Å². The first-order chi connectivity index (χ1) is 8.11. The second-order valence-electron chi connectivity index (χ2n) is 3.48. The molecule has 0 saturated carbocycles. The molecule has 0 heterocycles. The van der Waals surface area contributed by atoms with Crippen molar-refractivity contribution in [1.29, 1.82) is 0 Å². The minimum atomic E-state index is -2.51. The minimum absolute atomic E-state index is 0.540. The molecule has 6 heteroatoms.